The number of ether oxygens (including phenoxy) is 12. The Kier molecular flexibility index (Phi) is 46.3. The van der Waals surface area contributed by atoms with Gasteiger partial charge in [-0.25, -0.2) is 4.79 Å². The second-order valence-corrected chi connectivity index (χ2v) is 32.5. The molecule has 23 N–H and O–H groups in total. The number of rotatable bonds is 57. The molecule has 0 saturated carbocycles. The standard InChI is InChI=1S/C78H142N2O36/c1-5-6-7-8-9-10-11-12-13-14-15-16-17-18-19-24-27-30-33-46(89)71(102)80-44(55(91)45(88)32-29-26-23-21-20-22-25-28-31-42(2)3)41-105-72-63(99)60(96)66(52(39-85)110-72)112-76-64(100)69(59(95)51(38-84)109-76)116-78(77(103)104)34-48(54(79-43(4)87)68(115-78)56(92)47(90)35-81)106-75-65(101)70(114-74-62(98)58(94)50(37-83)108-74)67(53(40-86)111-75)113-73-61(97)57(93)49(36-82)107-73/h42,44-70,72-76,81-86,88-101H,5-41H2,1-4H3,(H,79,87)(H,80,102)(H,103,104)/t44-,45+,46+,47?,48+,49-,50-,51?,52?,53?,54+,55-,56?,57?,58?,59-,60?,61?,62?,63?,64?,65?,66+,67-,68?,69?,70?,72+,73-,74-,75+,76-,78-/m0/s1. The van der Waals surface area contributed by atoms with Gasteiger partial charge in [-0.3, -0.25) is 9.59 Å². The van der Waals surface area contributed by atoms with Crippen molar-refractivity contribution in [1.29, 1.82) is 0 Å². The molecule has 0 spiro atoms. The molecule has 0 aromatic rings. The monoisotopic (exact) mass is 1680 g/mol. The molecule has 0 radical (unpaired) electrons. The van der Waals surface area contributed by atoms with Gasteiger partial charge in [-0.1, -0.05) is 194 Å². The lowest BCUT2D eigenvalue weighted by Gasteiger charge is -2.52. The minimum Gasteiger partial charge on any atom is -0.477 e. The predicted octanol–water partition coefficient (Wildman–Crippen LogP) is -2.89. The number of nitrogens with one attached hydrogen (secondary N) is 2. The summed E-state index contributed by atoms with van der Waals surface area (Å²) in [6, 6.07) is -3.44. The molecule has 33 atom stereocenters. The summed E-state index contributed by atoms with van der Waals surface area (Å²) >= 11 is 0. The van der Waals surface area contributed by atoms with Crippen molar-refractivity contribution >= 4 is 17.8 Å². The molecule has 0 aliphatic carbocycles. The number of carboxylic acid groups (broad SMARTS) is 1. The summed E-state index contributed by atoms with van der Waals surface area (Å²) < 4.78 is 70.6. The van der Waals surface area contributed by atoms with E-state index in [-0.39, 0.29) is 12.8 Å². The molecule has 6 rings (SSSR count). The molecule has 116 heavy (non-hydrogen) atoms. The number of hydrogen-bond acceptors (Lipinski definition) is 35. The normalized spacial score (nSPS) is 36.0. The zero-order valence-electron chi connectivity index (χ0n) is 67.7. The highest BCUT2D eigenvalue weighted by atomic mass is 16.8. The van der Waals surface area contributed by atoms with Crippen molar-refractivity contribution in [3.8, 4) is 0 Å². The van der Waals surface area contributed by atoms with Crippen LogP contribution in [0.25, 0.3) is 0 Å². The average Bonchev–Trinajstić information content (AvgIpc) is 0.840. The van der Waals surface area contributed by atoms with E-state index < -0.39 is 272 Å². The number of unbranched alkanes of at least 4 members (excludes halogenated alkanes) is 24. The van der Waals surface area contributed by atoms with Crippen LogP contribution in [0.1, 0.15) is 220 Å². The van der Waals surface area contributed by atoms with Crippen molar-refractivity contribution in [3.63, 3.8) is 0 Å². The number of carboxylic acids is 1. The molecule has 6 aliphatic heterocycles. The summed E-state index contributed by atoms with van der Waals surface area (Å²) in [5.41, 5.74) is 0. The molecule has 6 fully saturated rings. The number of aliphatic carboxylic acids is 1. The minimum atomic E-state index is -3.48. The maximum absolute atomic E-state index is 14.1. The maximum atomic E-state index is 14.1. The fourth-order valence-corrected chi connectivity index (χ4v) is 15.8. The molecule has 16 unspecified atom stereocenters. The first-order valence-electron chi connectivity index (χ1n) is 42.3. The third kappa shape index (κ3) is 30.0. The van der Waals surface area contributed by atoms with Gasteiger partial charge >= 0.3 is 5.97 Å². The van der Waals surface area contributed by atoms with Gasteiger partial charge in [-0.05, 0) is 18.8 Å². The van der Waals surface area contributed by atoms with E-state index in [1.807, 2.05) is 0 Å². The molecule has 38 heteroatoms. The molecule has 2 amide bonds. The van der Waals surface area contributed by atoms with E-state index in [1.54, 1.807) is 0 Å². The van der Waals surface area contributed by atoms with Crippen LogP contribution in [0.2, 0.25) is 0 Å². The molecule has 0 aromatic heterocycles. The number of amides is 2. The van der Waals surface area contributed by atoms with Gasteiger partial charge in [0.05, 0.1) is 70.5 Å². The molecule has 0 aromatic carbocycles. The summed E-state index contributed by atoms with van der Waals surface area (Å²) in [5, 5.41) is 238. The lowest BCUT2D eigenvalue weighted by atomic mass is 9.87. The van der Waals surface area contributed by atoms with Gasteiger partial charge < -0.3 is 175 Å². The van der Waals surface area contributed by atoms with Gasteiger partial charge in [0.25, 0.3) is 5.79 Å². The lowest BCUT2D eigenvalue weighted by molar-refractivity contribution is -0.395. The van der Waals surface area contributed by atoms with E-state index >= 15 is 0 Å². The number of hydrogen-bond donors (Lipinski definition) is 23. The largest absolute Gasteiger partial charge is 0.477 e. The van der Waals surface area contributed by atoms with Gasteiger partial charge in [0.1, 0.15) is 140 Å². The quantitative estimate of drug-likeness (QED) is 0.0272. The van der Waals surface area contributed by atoms with Crippen LogP contribution in [0.4, 0.5) is 0 Å². The van der Waals surface area contributed by atoms with Gasteiger partial charge in [0.15, 0.2) is 31.5 Å². The van der Waals surface area contributed by atoms with Crippen LogP contribution in [0.15, 0.2) is 0 Å². The lowest BCUT2D eigenvalue weighted by Crippen LogP contribution is -2.72. The Labute approximate surface area is 678 Å². The minimum absolute atomic E-state index is 0.0769. The molecule has 6 aliphatic rings. The first-order valence-corrected chi connectivity index (χ1v) is 42.3. The van der Waals surface area contributed by atoms with Crippen molar-refractivity contribution in [1.82, 2.24) is 10.6 Å². The third-order valence-electron chi connectivity index (χ3n) is 22.8. The van der Waals surface area contributed by atoms with Crippen LogP contribution in [-0.2, 0) is 71.2 Å². The van der Waals surface area contributed by atoms with E-state index in [1.165, 1.54) is 89.9 Å². The topological polar surface area (TPSA) is 611 Å². The van der Waals surface area contributed by atoms with Gasteiger partial charge in [0.2, 0.25) is 11.8 Å². The highest BCUT2D eigenvalue weighted by molar-refractivity contribution is 5.80. The van der Waals surface area contributed by atoms with Crippen LogP contribution < -0.4 is 10.6 Å². The first kappa shape index (κ1) is 102. The number of carbonyl (C=O) groups excluding carboxylic acids is 2. The molecule has 680 valence electrons. The fraction of sp³-hybridized carbons (Fsp3) is 0.962. The van der Waals surface area contributed by atoms with Crippen LogP contribution >= 0.6 is 0 Å². The Morgan fingerprint density at radius 1 is 0.440 bits per heavy atom. The number of aliphatic hydroxyl groups excluding tert-OH is 20. The third-order valence-corrected chi connectivity index (χ3v) is 22.8. The second-order valence-electron chi connectivity index (χ2n) is 32.5. The van der Waals surface area contributed by atoms with Gasteiger partial charge in [0, 0.05) is 13.3 Å². The van der Waals surface area contributed by atoms with E-state index in [9.17, 15) is 122 Å². The zero-order chi connectivity index (χ0) is 85.3. The Balaban J connectivity index is 1.17. The summed E-state index contributed by atoms with van der Waals surface area (Å²) in [4.78, 5) is 40.9. The smallest absolute Gasteiger partial charge is 0.364 e. The molecule has 6 heterocycles. The summed E-state index contributed by atoms with van der Waals surface area (Å²) in [6.07, 6.45) is -32.3. The van der Waals surface area contributed by atoms with Gasteiger partial charge in [-0.15, -0.1) is 0 Å². The predicted molar refractivity (Wildman–Crippen MR) is 404 cm³/mol. The molecule has 6 saturated heterocycles. The summed E-state index contributed by atoms with van der Waals surface area (Å²) in [6.45, 7) is 0.359. The molecular formula is C78H142N2O36. The van der Waals surface area contributed by atoms with E-state index in [0.29, 0.717) is 18.8 Å². The Bertz CT molecular complexity index is 2690. The Hall–Kier alpha value is -2.87. The number of carbonyl (C=O) groups is 3. The van der Waals surface area contributed by atoms with E-state index in [0.717, 1.165) is 77.6 Å². The van der Waals surface area contributed by atoms with Crippen LogP contribution in [0, 0.1) is 5.92 Å². The average molecular weight is 1680 g/mol. The summed E-state index contributed by atoms with van der Waals surface area (Å²) in [7, 11) is 0. The summed E-state index contributed by atoms with van der Waals surface area (Å²) in [5.74, 6) is -6.93. The van der Waals surface area contributed by atoms with E-state index in [4.69, 9.17) is 56.8 Å². The molecule has 0 bridgehead atoms. The van der Waals surface area contributed by atoms with Crippen molar-refractivity contribution in [2.75, 3.05) is 46.2 Å². The van der Waals surface area contributed by atoms with Crippen molar-refractivity contribution in [2.45, 2.75) is 422 Å². The van der Waals surface area contributed by atoms with Crippen LogP contribution in [-0.4, -0.2) is 373 Å². The van der Waals surface area contributed by atoms with Crippen LogP contribution in [0.3, 0.4) is 0 Å². The highest BCUT2D eigenvalue weighted by Gasteiger charge is 2.63. The fourth-order valence-electron chi connectivity index (χ4n) is 15.8. The van der Waals surface area contributed by atoms with Crippen LogP contribution in [0.5, 0.6) is 0 Å². The van der Waals surface area contributed by atoms with Crippen molar-refractivity contribution in [2.24, 2.45) is 5.92 Å². The Morgan fingerprint density at radius 2 is 0.836 bits per heavy atom. The van der Waals surface area contributed by atoms with Gasteiger partial charge in [-0.2, -0.15) is 0 Å². The zero-order valence-corrected chi connectivity index (χ0v) is 67.7. The second kappa shape index (κ2) is 52.7. The highest BCUT2D eigenvalue weighted by Crippen LogP contribution is 2.42. The Morgan fingerprint density at radius 3 is 1.29 bits per heavy atom. The van der Waals surface area contributed by atoms with Crippen molar-refractivity contribution < 1.29 is 178 Å². The maximum Gasteiger partial charge on any atom is 0.364 e. The van der Waals surface area contributed by atoms with Crippen molar-refractivity contribution in [3.05, 3.63) is 0 Å². The molecular weight excluding hydrogens is 1540 g/mol. The first-order chi connectivity index (χ1) is 55.5. The van der Waals surface area contributed by atoms with E-state index in [2.05, 4.69) is 31.4 Å². The SMILES string of the molecule is CCCCCCCCCCCCCCCCCCCC[C@@H](O)C(=O)N[C@@H](CO[C@@H]1OC(CO)[C@@H](O[C@@H]2OC(CO)[C@H](O)C(O[C@]3(C(=O)O)C[C@@H](O[C@@H]4OC(CO)[C@H](O[C@@H]5O[C@@H](CO)C(O)C5O)C(O[C@@H]5O[C@@H](CO)C(O)C5O)C4O)[C@@H](NC(C)=O)C(C(O)C(O)CO)O3)C2O)C(O)C1O)[C@H](O)[C@H](O)CCCCCCCCCCC(C)C. The molecule has 38 nitrogen and oxygen atoms in total. The number of aliphatic hydroxyl groups is 20.